The standard InChI is InChI=1S/C39H27N5/c1-4-14-26(15-5-1)37-40-38(27-16-6-2-7-17-27)42-39(41-37)44-32-23-13-11-21-30(32)36-34(44)25-24-33-35(36)29-20-10-12-22-31(29)43(33)28-18-8-3-9-19-28/h1-12,14-22,24-25H,13,23H2. The molecule has 208 valence electrons. The first-order chi connectivity index (χ1) is 21.8. The normalized spacial score (nSPS) is 12.7. The second-order valence-corrected chi connectivity index (χ2v) is 11.2. The van der Waals surface area contributed by atoms with Gasteiger partial charge in [0.1, 0.15) is 0 Å². The largest absolute Gasteiger partial charge is 0.309 e. The fraction of sp³-hybridized carbons (Fsp3) is 0.0513. The maximum Gasteiger partial charge on any atom is 0.238 e. The lowest BCUT2D eigenvalue weighted by atomic mass is 9.99. The zero-order valence-electron chi connectivity index (χ0n) is 23.9. The predicted octanol–water partition coefficient (Wildman–Crippen LogP) is 9.21. The van der Waals surface area contributed by atoms with Crippen LogP contribution in [0.15, 0.2) is 133 Å². The van der Waals surface area contributed by atoms with E-state index in [1.165, 1.54) is 38.4 Å². The minimum absolute atomic E-state index is 0.644. The molecule has 0 N–H and O–H groups in total. The van der Waals surface area contributed by atoms with Gasteiger partial charge in [-0.1, -0.05) is 109 Å². The summed E-state index contributed by atoms with van der Waals surface area (Å²) in [4.78, 5) is 15.2. The van der Waals surface area contributed by atoms with Gasteiger partial charge in [-0.25, -0.2) is 4.98 Å². The molecular weight excluding hydrogens is 538 g/mol. The molecule has 0 radical (unpaired) electrons. The van der Waals surface area contributed by atoms with Gasteiger partial charge in [-0.3, -0.25) is 4.57 Å². The van der Waals surface area contributed by atoms with E-state index < -0.39 is 0 Å². The summed E-state index contributed by atoms with van der Waals surface area (Å²) in [5.41, 5.74) is 9.05. The average molecular weight is 566 g/mol. The third-order valence-corrected chi connectivity index (χ3v) is 8.64. The number of benzene rings is 5. The number of para-hydroxylation sites is 2. The Morgan fingerprint density at radius 3 is 1.77 bits per heavy atom. The van der Waals surface area contributed by atoms with Crippen molar-refractivity contribution in [3.05, 3.63) is 145 Å². The molecule has 0 fully saturated rings. The van der Waals surface area contributed by atoms with Crippen LogP contribution in [0.5, 0.6) is 0 Å². The van der Waals surface area contributed by atoms with Crippen molar-refractivity contribution in [1.29, 1.82) is 0 Å². The summed E-state index contributed by atoms with van der Waals surface area (Å²) in [6, 6.07) is 44.2. The fourth-order valence-corrected chi connectivity index (χ4v) is 6.75. The van der Waals surface area contributed by atoms with Crippen molar-refractivity contribution < 1.29 is 0 Å². The number of hydrogen-bond donors (Lipinski definition) is 0. The molecule has 0 atom stereocenters. The van der Waals surface area contributed by atoms with Gasteiger partial charge in [-0.05, 0) is 43.2 Å². The second-order valence-electron chi connectivity index (χ2n) is 11.2. The van der Waals surface area contributed by atoms with E-state index in [1.807, 2.05) is 36.4 Å². The Morgan fingerprint density at radius 1 is 0.500 bits per heavy atom. The van der Waals surface area contributed by atoms with Gasteiger partial charge >= 0.3 is 0 Å². The fourth-order valence-electron chi connectivity index (χ4n) is 6.75. The summed E-state index contributed by atoms with van der Waals surface area (Å²) in [6.07, 6.45) is 6.47. The molecule has 0 saturated carbocycles. The molecule has 5 aromatic carbocycles. The molecule has 0 unspecified atom stereocenters. The van der Waals surface area contributed by atoms with E-state index in [1.54, 1.807) is 0 Å². The van der Waals surface area contributed by atoms with Crippen molar-refractivity contribution in [2.24, 2.45) is 0 Å². The van der Waals surface area contributed by atoms with Crippen molar-refractivity contribution in [3.63, 3.8) is 0 Å². The van der Waals surface area contributed by atoms with Gasteiger partial charge < -0.3 is 4.57 Å². The number of hydrogen-bond acceptors (Lipinski definition) is 3. The topological polar surface area (TPSA) is 48.5 Å². The summed E-state index contributed by atoms with van der Waals surface area (Å²) < 4.78 is 4.66. The van der Waals surface area contributed by atoms with E-state index in [-0.39, 0.29) is 0 Å². The molecule has 1 aliphatic rings. The lowest BCUT2D eigenvalue weighted by Crippen LogP contribution is -2.10. The Hall–Kier alpha value is -5.81. The maximum atomic E-state index is 5.14. The van der Waals surface area contributed by atoms with Crippen LogP contribution in [0, 0.1) is 0 Å². The first kappa shape index (κ1) is 24.8. The molecule has 44 heavy (non-hydrogen) atoms. The number of fused-ring (bicyclic) bond motifs is 7. The summed E-state index contributed by atoms with van der Waals surface area (Å²) in [5, 5.41) is 3.73. The van der Waals surface area contributed by atoms with Crippen LogP contribution in [0.2, 0.25) is 0 Å². The lowest BCUT2D eigenvalue weighted by molar-refractivity contribution is 0.838. The molecule has 5 heteroatoms. The van der Waals surface area contributed by atoms with Gasteiger partial charge in [0.05, 0.1) is 16.6 Å². The number of allylic oxidation sites excluding steroid dienone is 1. The zero-order valence-corrected chi connectivity index (χ0v) is 23.9. The highest BCUT2D eigenvalue weighted by Gasteiger charge is 2.25. The van der Waals surface area contributed by atoms with Crippen LogP contribution >= 0.6 is 0 Å². The summed E-state index contributed by atoms with van der Waals surface area (Å²) in [5.74, 6) is 1.97. The van der Waals surface area contributed by atoms with Gasteiger partial charge in [-0.2, -0.15) is 9.97 Å². The quantitative estimate of drug-likeness (QED) is 0.214. The molecule has 3 aromatic heterocycles. The highest BCUT2D eigenvalue weighted by Crippen LogP contribution is 2.42. The minimum Gasteiger partial charge on any atom is -0.309 e. The monoisotopic (exact) mass is 565 g/mol. The average Bonchev–Trinajstić information content (AvgIpc) is 3.62. The van der Waals surface area contributed by atoms with Gasteiger partial charge in [-0.15, -0.1) is 0 Å². The lowest BCUT2D eigenvalue weighted by Gasteiger charge is -2.14. The SMILES string of the molecule is C1=Cc2c(n(-c3nc(-c4ccccc4)nc(-c4ccccc4)n3)c3ccc4c(c5ccccc5n4-c4ccccc4)c23)CC1. The van der Waals surface area contributed by atoms with E-state index in [0.29, 0.717) is 17.6 Å². The van der Waals surface area contributed by atoms with Gasteiger partial charge in [0.15, 0.2) is 11.6 Å². The van der Waals surface area contributed by atoms with E-state index in [4.69, 9.17) is 15.0 Å². The molecule has 1 aliphatic carbocycles. The molecule has 0 saturated heterocycles. The number of nitrogens with zero attached hydrogens (tertiary/aromatic N) is 5. The Bertz CT molecular complexity index is 2310. The summed E-state index contributed by atoms with van der Waals surface area (Å²) in [7, 11) is 0. The highest BCUT2D eigenvalue weighted by atomic mass is 15.2. The Kier molecular flexibility index (Phi) is 5.56. The number of rotatable bonds is 4. The van der Waals surface area contributed by atoms with Crippen LogP contribution < -0.4 is 0 Å². The van der Waals surface area contributed by atoms with Crippen LogP contribution in [-0.4, -0.2) is 24.1 Å². The highest BCUT2D eigenvalue weighted by molar-refractivity contribution is 6.23. The minimum atomic E-state index is 0.644. The van der Waals surface area contributed by atoms with E-state index in [2.05, 4.69) is 112 Å². The van der Waals surface area contributed by atoms with Crippen molar-refractivity contribution in [2.45, 2.75) is 12.8 Å². The summed E-state index contributed by atoms with van der Waals surface area (Å²) >= 11 is 0. The third-order valence-electron chi connectivity index (χ3n) is 8.64. The predicted molar refractivity (Wildman–Crippen MR) is 179 cm³/mol. The second kappa shape index (κ2) is 9.89. The maximum absolute atomic E-state index is 5.14. The summed E-state index contributed by atoms with van der Waals surface area (Å²) in [6.45, 7) is 0. The molecule has 9 rings (SSSR count). The van der Waals surface area contributed by atoms with Gasteiger partial charge in [0, 0.05) is 44.2 Å². The smallest absolute Gasteiger partial charge is 0.238 e. The number of aromatic nitrogens is 5. The molecule has 0 bridgehead atoms. The molecule has 0 aliphatic heterocycles. The first-order valence-electron chi connectivity index (χ1n) is 15.0. The van der Waals surface area contributed by atoms with Gasteiger partial charge in [0.2, 0.25) is 5.95 Å². The van der Waals surface area contributed by atoms with Crippen LogP contribution in [0.1, 0.15) is 17.7 Å². The van der Waals surface area contributed by atoms with Crippen molar-refractivity contribution in [3.8, 4) is 34.4 Å². The van der Waals surface area contributed by atoms with Crippen molar-refractivity contribution >= 4 is 38.8 Å². The Balaban J connectivity index is 1.39. The zero-order chi connectivity index (χ0) is 29.0. The molecule has 8 aromatic rings. The van der Waals surface area contributed by atoms with Crippen LogP contribution in [-0.2, 0) is 6.42 Å². The third kappa shape index (κ3) is 3.76. The van der Waals surface area contributed by atoms with Crippen LogP contribution in [0.4, 0.5) is 0 Å². The molecule has 0 amide bonds. The first-order valence-corrected chi connectivity index (χ1v) is 15.0. The Morgan fingerprint density at radius 2 is 1.09 bits per heavy atom. The van der Waals surface area contributed by atoms with Crippen LogP contribution in [0.25, 0.3) is 73.2 Å². The molecule has 3 heterocycles. The van der Waals surface area contributed by atoms with E-state index in [9.17, 15) is 0 Å². The van der Waals surface area contributed by atoms with Gasteiger partial charge in [0.25, 0.3) is 0 Å². The molecule has 5 nitrogen and oxygen atoms in total. The van der Waals surface area contributed by atoms with E-state index in [0.717, 1.165) is 35.2 Å². The van der Waals surface area contributed by atoms with Crippen molar-refractivity contribution in [1.82, 2.24) is 24.1 Å². The van der Waals surface area contributed by atoms with E-state index >= 15 is 0 Å². The van der Waals surface area contributed by atoms with Crippen molar-refractivity contribution in [2.75, 3.05) is 0 Å². The molecular formula is C39H27N5. The Labute approximate surface area is 254 Å². The molecule has 0 spiro atoms. The van der Waals surface area contributed by atoms with Crippen LogP contribution in [0.3, 0.4) is 0 Å².